The molecule has 15 heteroatoms. The molecular formula is C22H20N2O10S3. The number of aromatic nitrogens is 1. The van der Waals surface area contributed by atoms with Crippen LogP contribution < -0.4 is 10.9 Å². The molecule has 4 aromatic rings. The van der Waals surface area contributed by atoms with Gasteiger partial charge in [0, 0.05) is 24.4 Å². The van der Waals surface area contributed by atoms with Crippen LogP contribution >= 0.6 is 11.3 Å². The molecule has 12 nitrogen and oxygen atoms in total. The summed E-state index contributed by atoms with van der Waals surface area (Å²) in [5.41, 5.74) is -0.509. The fourth-order valence-corrected chi connectivity index (χ4v) is 5.77. The number of nitrogens with zero attached hydrogens (tertiary/aromatic N) is 1. The molecule has 0 aliphatic heterocycles. The summed E-state index contributed by atoms with van der Waals surface area (Å²) in [5, 5.41) is 11.9. The summed E-state index contributed by atoms with van der Waals surface area (Å²) < 4.78 is 71.8. The topological polar surface area (TPSA) is 201 Å². The average Bonchev–Trinajstić information content (AvgIpc) is 3.22. The Morgan fingerprint density at radius 1 is 1.00 bits per heavy atom. The number of unbranched alkanes of at least 4 members (excludes halogenated alkanes) is 2. The third-order valence-corrected chi connectivity index (χ3v) is 8.20. The molecule has 37 heavy (non-hydrogen) atoms. The fraction of sp³-hybridized carbons (Fsp3) is 0.227. The van der Waals surface area contributed by atoms with E-state index in [9.17, 15) is 35.5 Å². The minimum absolute atomic E-state index is 0.0115. The maximum Gasteiger partial charge on any atom is 0.346 e. The Hall–Kier alpha value is -3.37. The van der Waals surface area contributed by atoms with Crippen LogP contribution in [0.1, 0.15) is 25.7 Å². The molecule has 0 fully saturated rings. The Balaban J connectivity index is 1.69. The first-order chi connectivity index (χ1) is 17.3. The van der Waals surface area contributed by atoms with Crippen LogP contribution in [0.5, 0.6) is 0 Å². The number of anilines is 1. The zero-order chi connectivity index (χ0) is 27.0. The van der Waals surface area contributed by atoms with Gasteiger partial charge in [-0.1, -0.05) is 6.42 Å². The molecule has 0 atom stereocenters. The predicted octanol–water partition coefficient (Wildman–Crippen LogP) is 3.62. The zero-order valence-electron chi connectivity index (χ0n) is 18.9. The normalized spacial score (nSPS) is 12.3. The molecule has 4 rings (SSSR count). The fourth-order valence-electron chi connectivity index (χ4n) is 3.63. The lowest BCUT2D eigenvalue weighted by Crippen LogP contribution is -2.09. The number of nitrogens with one attached hydrogen (secondary N) is 1. The van der Waals surface area contributed by atoms with Crippen molar-refractivity contribution in [3.05, 3.63) is 46.8 Å². The molecule has 2 heterocycles. The summed E-state index contributed by atoms with van der Waals surface area (Å²) in [6.07, 6.45) is 1.60. The molecule has 0 saturated carbocycles. The third-order valence-electron chi connectivity index (χ3n) is 5.38. The smallest absolute Gasteiger partial charge is 0.346 e. The molecular weight excluding hydrogens is 548 g/mol. The molecule has 0 amide bonds. The lowest BCUT2D eigenvalue weighted by Gasteiger charge is -2.12. The van der Waals surface area contributed by atoms with E-state index in [1.165, 1.54) is 24.3 Å². The number of carbonyl (C=O) groups is 1. The van der Waals surface area contributed by atoms with E-state index in [2.05, 4.69) is 10.3 Å². The zero-order valence-corrected chi connectivity index (χ0v) is 21.3. The number of hydrogen-bond donors (Lipinski definition) is 4. The molecule has 2 aromatic heterocycles. The van der Waals surface area contributed by atoms with Crippen LogP contribution in [0.15, 0.2) is 55.4 Å². The van der Waals surface area contributed by atoms with Crippen LogP contribution in [-0.4, -0.2) is 48.5 Å². The monoisotopic (exact) mass is 568 g/mol. The number of rotatable bonds is 10. The number of carboxylic acids is 1. The van der Waals surface area contributed by atoms with Gasteiger partial charge in [-0.05, 0) is 43.2 Å². The van der Waals surface area contributed by atoms with Crippen LogP contribution in [0, 0.1) is 0 Å². The van der Waals surface area contributed by atoms with Crippen LogP contribution in [0.25, 0.3) is 31.8 Å². The Kier molecular flexibility index (Phi) is 7.34. The minimum atomic E-state index is -4.66. The Bertz CT molecular complexity index is 1790. The number of carboxylic acid groups (broad SMARTS) is 1. The van der Waals surface area contributed by atoms with E-state index < -0.39 is 36.7 Å². The van der Waals surface area contributed by atoms with E-state index in [0.717, 1.165) is 23.5 Å². The highest BCUT2D eigenvalue weighted by Crippen LogP contribution is 2.33. The Labute approximate surface area is 214 Å². The number of hydrogen-bond acceptors (Lipinski definition) is 10. The maximum atomic E-state index is 12.7. The van der Waals surface area contributed by atoms with Gasteiger partial charge in [0.05, 0.1) is 26.4 Å². The lowest BCUT2D eigenvalue weighted by atomic mass is 10.1. The summed E-state index contributed by atoms with van der Waals surface area (Å²) >= 11 is 1.06. The molecule has 0 bridgehead atoms. The van der Waals surface area contributed by atoms with Crippen molar-refractivity contribution in [3.63, 3.8) is 0 Å². The largest absolute Gasteiger partial charge is 0.481 e. The van der Waals surface area contributed by atoms with E-state index in [4.69, 9.17) is 9.52 Å². The summed E-state index contributed by atoms with van der Waals surface area (Å²) in [5.74, 6) is -0.903. The van der Waals surface area contributed by atoms with Gasteiger partial charge >= 0.3 is 11.6 Å². The van der Waals surface area contributed by atoms with Gasteiger partial charge in [-0.3, -0.25) is 13.9 Å². The molecule has 0 aliphatic rings. The quantitative estimate of drug-likeness (QED) is 0.123. The number of aliphatic carboxylic acids is 1. The number of benzene rings is 2. The van der Waals surface area contributed by atoms with E-state index in [1.807, 2.05) is 0 Å². The number of thiazole rings is 1. The van der Waals surface area contributed by atoms with Crippen molar-refractivity contribution < 1.29 is 40.3 Å². The van der Waals surface area contributed by atoms with Gasteiger partial charge in [0.15, 0.2) is 0 Å². The van der Waals surface area contributed by atoms with Gasteiger partial charge in [-0.2, -0.15) is 16.8 Å². The van der Waals surface area contributed by atoms with Crippen LogP contribution in [-0.2, 0) is 25.0 Å². The summed E-state index contributed by atoms with van der Waals surface area (Å²) in [6, 6.07) is 7.56. The second-order valence-corrected chi connectivity index (χ2v) is 11.9. The lowest BCUT2D eigenvalue weighted by molar-refractivity contribution is -0.137. The Morgan fingerprint density at radius 2 is 1.76 bits per heavy atom. The highest BCUT2D eigenvalue weighted by molar-refractivity contribution is 7.86. The van der Waals surface area contributed by atoms with Gasteiger partial charge in [0.25, 0.3) is 20.2 Å². The van der Waals surface area contributed by atoms with Crippen molar-refractivity contribution in [1.82, 2.24) is 4.98 Å². The molecule has 4 N–H and O–H groups in total. The van der Waals surface area contributed by atoms with Crippen LogP contribution in [0.4, 0.5) is 5.69 Å². The highest BCUT2D eigenvalue weighted by Gasteiger charge is 2.20. The molecule has 0 aliphatic carbocycles. The highest BCUT2D eigenvalue weighted by atomic mass is 32.2. The average molecular weight is 569 g/mol. The maximum absolute atomic E-state index is 12.7. The molecule has 0 radical (unpaired) electrons. The summed E-state index contributed by atoms with van der Waals surface area (Å²) in [7, 11) is -9.11. The minimum Gasteiger partial charge on any atom is -0.481 e. The van der Waals surface area contributed by atoms with Crippen molar-refractivity contribution in [2.45, 2.75) is 35.5 Å². The van der Waals surface area contributed by atoms with Gasteiger partial charge in [0.2, 0.25) is 0 Å². The van der Waals surface area contributed by atoms with E-state index >= 15 is 0 Å². The molecule has 0 unspecified atom stereocenters. The van der Waals surface area contributed by atoms with Gasteiger partial charge in [0.1, 0.15) is 15.5 Å². The molecule has 2 aromatic carbocycles. The van der Waals surface area contributed by atoms with E-state index in [1.54, 1.807) is 0 Å². The van der Waals surface area contributed by atoms with Crippen molar-refractivity contribution in [3.8, 4) is 10.6 Å². The summed E-state index contributed by atoms with van der Waals surface area (Å²) in [4.78, 5) is 26.8. The molecule has 0 spiro atoms. The van der Waals surface area contributed by atoms with Crippen molar-refractivity contribution in [2.24, 2.45) is 0 Å². The van der Waals surface area contributed by atoms with Crippen molar-refractivity contribution in [2.75, 3.05) is 11.9 Å². The van der Waals surface area contributed by atoms with E-state index in [0.29, 0.717) is 24.0 Å². The standard InChI is InChI=1S/C22H20N2O10S3/c25-20(26)4-2-1-3-7-23-16-11-17-12(9-19(16)37(31,32)33)8-14(22(27)34-17)21-24-15-10-13(36(28,29)30)5-6-18(15)35-21/h5-6,8-11,23H,1-4,7H2,(H,25,26)(H,28,29,30)(H,31,32,33). The van der Waals surface area contributed by atoms with Crippen molar-refractivity contribution >= 4 is 64.4 Å². The van der Waals surface area contributed by atoms with Crippen molar-refractivity contribution in [1.29, 1.82) is 0 Å². The Morgan fingerprint density at radius 3 is 2.43 bits per heavy atom. The van der Waals surface area contributed by atoms with Gasteiger partial charge in [-0.15, -0.1) is 11.3 Å². The second kappa shape index (κ2) is 10.2. The molecule has 196 valence electrons. The predicted molar refractivity (Wildman–Crippen MR) is 135 cm³/mol. The first-order valence-corrected chi connectivity index (χ1v) is 14.5. The van der Waals surface area contributed by atoms with Gasteiger partial charge in [-0.25, -0.2) is 9.78 Å². The SMILES string of the molecule is O=C(O)CCCCCNc1cc2oc(=O)c(-c3nc4cc(S(=O)(=O)O)ccc4s3)cc2cc1S(=O)(=O)O. The molecule has 0 saturated heterocycles. The third kappa shape index (κ3) is 6.14. The number of fused-ring (bicyclic) bond motifs is 2. The van der Waals surface area contributed by atoms with Crippen LogP contribution in [0.2, 0.25) is 0 Å². The first-order valence-electron chi connectivity index (χ1n) is 10.8. The summed E-state index contributed by atoms with van der Waals surface area (Å²) in [6.45, 7) is 0.285. The van der Waals surface area contributed by atoms with Crippen LogP contribution in [0.3, 0.4) is 0 Å². The second-order valence-electron chi connectivity index (χ2n) is 8.06. The first kappa shape index (κ1) is 26.7. The van der Waals surface area contributed by atoms with Gasteiger partial charge < -0.3 is 14.8 Å². The van der Waals surface area contributed by atoms with E-state index in [-0.39, 0.29) is 50.6 Å².